The van der Waals surface area contributed by atoms with E-state index in [2.05, 4.69) is 30.5 Å². The molecule has 1 saturated carbocycles. The van der Waals surface area contributed by atoms with Crippen molar-refractivity contribution in [1.82, 2.24) is 5.32 Å². The van der Waals surface area contributed by atoms with E-state index in [4.69, 9.17) is 4.74 Å². The van der Waals surface area contributed by atoms with Crippen molar-refractivity contribution in [1.29, 1.82) is 0 Å². The van der Waals surface area contributed by atoms with Crippen LogP contribution in [-0.4, -0.2) is 18.6 Å². The van der Waals surface area contributed by atoms with Crippen molar-refractivity contribution in [3.05, 3.63) is 23.8 Å². The number of fused-ring (bicyclic) bond motifs is 1. The molecule has 4 nitrogen and oxygen atoms in total. The summed E-state index contributed by atoms with van der Waals surface area (Å²) in [5.41, 5.74) is 1.97. The van der Waals surface area contributed by atoms with Gasteiger partial charge in [-0.3, -0.25) is 4.79 Å². The number of carbonyl (C=O) groups is 1. The van der Waals surface area contributed by atoms with Gasteiger partial charge in [-0.2, -0.15) is 0 Å². The fourth-order valence-corrected chi connectivity index (χ4v) is 3.45. The molecule has 1 aliphatic carbocycles. The maximum absolute atomic E-state index is 11.4. The van der Waals surface area contributed by atoms with E-state index in [-0.39, 0.29) is 18.6 Å². The summed E-state index contributed by atoms with van der Waals surface area (Å²) in [4.78, 5) is 11.4. The second kappa shape index (κ2) is 6.06. The summed E-state index contributed by atoms with van der Waals surface area (Å²) in [6, 6.07) is 6.85. The average molecular weight is 288 g/mol. The number of benzene rings is 1. The molecule has 0 aromatic heterocycles. The summed E-state index contributed by atoms with van der Waals surface area (Å²) in [6.45, 7) is 4.58. The van der Waals surface area contributed by atoms with Crippen LogP contribution < -0.4 is 15.4 Å². The van der Waals surface area contributed by atoms with E-state index >= 15 is 0 Å². The highest BCUT2D eigenvalue weighted by molar-refractivity contribution is 5.95. The number of carbonyl (C=O) groups excluding carboxylic acids is 1. The molecule has 4 heteroatoms. The maximum Gasteiger partial charge on any atom is 0.262 e. The fraction of sp³-hybridized carbons (Fsp3) is 0.588. The van der Waals surface area contributed by atoms with Gasteiger partial charge in [0.15, 0.2) is 6.61 Å². The van der Waals surface area contributed by atoms with Crippen LogP contribution in [-0.2, 0) is 4.79 Å². The third kappa shape index (κ3) is 3.21. The highest BCUT2D eigenvalue weighted by Crippen LogP contribution is 2.32. The molecule has 3 rings (SSSR count). The molecule has 1 aromatic rings. The van der Waals surface area contributed by atoms with Gasteiger partial charge in [-0.1, -0.05) is 18.9 Å². The van der Waals surface area contributed by atoms with Crippen molar-refractivity contribution < 1.29 is 9.53 Å². The van der Waals surface area contributed by atoms with Gasteiger partial charge in [0.1, 0.15) is 5.75 Å². The number of hydrogen-bond acceptors (Lipinski definition) is 3. The van der Waals surface area contributed by atoms with Crippen LogP contribution >= 0.6 is 0 Å². The molecule has 0 bridgehead atoms. The maximum atomic E-state index is 11.4. The summed E-state index contributed by atoms with van der Waals surface area (Å²) in [5.74, 6) is 1.47. The quantitative estimate of drug-likeness (QED) is 0.894. The summed E-state index contributed by atoms with van der Waals surface area (Å²) in [7, 11) is 0. The number of nitrogens with one attached hydrogen (secondary N) is 2. The minimum Gasteiger partial charge on any atom is -0.482 e. The number of rotatable bonds is 4. The highest BCUT2D eigenvalue weighted by atomic mass is 16.5. The van der Waals surface area contributed by atoms with Gasteiger partial charge in [0.25, 0.3) is 5.91 Å². The Hall–Kier alpha value is -1.55. The van der Waals surface area contributed by atoms with E-state index in [1.165, 1.54) is 31.2 Å². The zero-order valence-electron chi connectivity index (χ0n) is 12.8. The van der Waals surface area contributed by atoms with E-state index < -0.39 is 0 Å². The van der Waals surface area contributed by atoms with E-state index in [1.54, 1.807) is 0 Å². The average Bonchev–Trinajstić information content (AvgIpc) is 3.00. The van der Waals surface area contributed by atoms with Gasteiger partial charge in [-0.25, -0.2) is 0 Å². The second-order valence-electron chi connectivity index (χ2n) is 6.31. The van der Waals surface area contributed by atoms with Crippen LogP contribution in [0.15, 0.2) is 18.2 Å². The van der Waals surface area contributed by atoms with Gasteiger partial charge in [0.2, 0.25) is 0 Å². The standard InChI is InChI=1S/C17H24N2O2/c1-11(13-5-3-4-6-13)18-12(2)14-7-8-16-15(9-14)19-17(20)10-21-16/h7-9,11-13,18H,3-6,10H2,1-2H3,(H,19,20). The molecule has 0 saturated heterocycles. The van der Waals surface area contributed by atoms with E-state index in [0.29, 0.717) is 6.04 Å². The molecule has 1 aromatic carbocycles. The van der Waals surface area contributed by atoms with E-state index in [9.17, 15) is 4.79 Å². The predicted molar refractivity (Wildman–Crippen MR) is 83.5 cm³/mol. The van der Waals surface area contributed by atoms with Crippen LogP contribution in [0, 0.1) is 5.92 Å². The topological polar surface area (TPSA) is 50.4 Å². The Balaban J connectivity index is 1.68. The number of ether oxygens (including phenoxy) is 1. The molecule has 2 unspecified atom stereocenters. The molecule has 0 radical (unpaired) electrons. The molecule has 2 aliphatic rings. The number of amides is 1. The molecule has 0 spiro atoms. The van der Waals surface area contributed by atoms with Crippen molar-refractivity contribution in [2.24, 2.45) is 5.92 Å². The molecule has 2 atom stereocenters. The van der Waals surface area contributed by atoms with Crippen LogP contribution in [0.25, 0.3) is 0 Å². The van der Waals surface area contributed by atoms with Crippen molar-refractivity contribution >= 4 is 11.6 Å². The molecule has 114 valence electrons. The smallest absolute Gasteiger partial charge is 0.262 e. The summed E-state index contributed by atoms with van der Waals surface area (Å²) >= 11 is 0. The van der Waals surface area contributed by atoms with Crippen molar-refractivity contribution in [3.63, 3.8) is 0 Å². The van der Waals surface area contributed by atoms with Crippen LogP contribution in [0.1, 0.15) is 51.1 Å². The number of hydrogen-bond donors (Lipinski definition) is 2. The highest BCUT2D eigenvalue weighted by Gasteiger charge is 2.23. The molecule has 1 aliphatic heterocycles. The van der Waals surface area contributed by atoms with Crippen LogP contribution in [0.5, 0.6) is 5.75 Å². The lowest BCUT2D eigenvalue weighted by Crippen LogP contribution is -2.34. The fourth-order valence-electron chi connectivity index (χ4n) is 3.45. The zero-order chi connectivity index (χ0) is 14.8. The normalized spacial score (nSPS) is 21.3. The largest absolute Gasteiger partial charge is 0.482 e. The Morgan fingerprint density at radius 3 is 2.81 bits per heavy atom. The van der Waals surface area contributed by atoms with E-state index in [1.807, 2.05) is 12.1 Å². The van der Waals surface area contributed by atoms with Gasteiger partial charge in [-0.15, -0.1) is 0 Å². The predicted octanol–water partition coefficient (Wildman–Crippen LogP) is 3.25. The summed E-state index contributed by atoms with van der Waals surface area (Å²) in [6.07, 6.45) is 5.42. The Morgan fingerprint density at radius 2 is 2.05 bits per heavy atom. The van der Waals surface area contributed by atoms with Crippen LogP contribution in [0.2, 0.25) is 0 Å². The SMILES string of the molecule is CC(NC(C)C1CCCC1)c1ccc2c(c1)NC(=O)CO2. The lowest BCUT2D eigenvalue weighted by atomic mass is 9.97. The summed E-state index contributed by atoms with van der Waals surface area (Å²) in [5, 5.41) is 6.57. The third-order valence-electron chi connectivity index (χ3n) is 4.76. The number of anilines is 1. The van der Waals surface area contributed by atoms with Gasteiger partial charge >= 0.3 is 0 Å². The van der Waals surface area contributed by atoms with Crippen molar-refractivity contribution in [2.75, 3.05) is 11.9 Å². The molecular formula is C17H24N2O2. The monoisotopic (exact) mass is 288 g/mol. The van der Waals surface area contributed by atoms with Gasteiger partial charge in [-0.05, 0) is 50.3 Å². The first-order chi connectivity index (χ1) is 10.1. The zero-order valence-corrected chi connectivity index (χ0v) is 12.8. The van der Waals surface area contributed by atoms with Crippen molar-refractivity contribution in [3.8, 4) is 5.75 Å². The first-order valence-electron chi connectivity index (χ1n) is 7.96. The molecule has 1 heterocycles. The molecule has 21 heavy (non-hydrogen) atoms. The third-order valence-corrected chi connectivity index (χ3v) is 4.76. The Morgan fingerprint density at radius 1 is 1.29 bits per heavy atom. The van der Waals surface area contributed by atoms with Gasteiger partial charge < -0.3 is 15.4 Å². The Labute approximate surface area is 126 Å². The van der Waals surface area contributed by atoms with Crippen molar-refractivity contribution in [2.45, 2.75) is 51.6 Å². The van der Waals surface area contributed by atoms with Crippen LogP contribution in [0.4, 0.5) is 5.69 Å². The molecule has 1 fully saturated rings. The molecule has 1 amide bonds. The Bertz CT molecular complexity index is 524. The van der Waals surface area contributed by atoms with Crippen LogP contribution in [0.3, 0.4) is 0 Å². The molecule has 2 N–H and O–H groups in total. The van der Waals surface area contributed by atoms with Gasteiger partial charge in [0, 0.05) is 12.1 Å². The second-order valence-corrected chi connectivity index (χ2v) is 6.31. The van der Waals surface area contributed by atoms with Gasteiger partial charge in [0.05, 0.1) is 5.69 Å². The molecular weight excluding hydrogens is 264 g/mol. The minimum atomic E-state index is -0.0837. The lowest BCUT2D eigenvalue weighted by Gasteiger charge is -2.26. The van der Waals surface area contributed by atoms with E-state index in [0.717, 1.165) is 17.4 Å². The Kier molecular flexibility index (Phi) is 4.15. The summed E-state index contributed by atoms with van der Waals surface area (Å²) < 4.78 is 5.40. The lowest BCUT2D eigenvalue weighted by molar-refractivity contribution is -0.118. The first-order valence-corrected chi connectivity index (χ1v) is 7.96. The minimum absolute atomic E-state index is 0.0837. The first kappa shape index (κ1) is 14.4.